The van der Waals surface area contributed by atoms with E-state index in [1.807, 2.05) is 10.9 Å². The summed E-state index contributed by atoms with van der Waals surface area (Å²) in [6.07, 6.45) is 3.55. The van der Waals surface area contributed by atoms with Crippen LogP contribution in [0.2, 0.25) is 0 Å². The molecule has 0 saturated carbocycles. The van der Waals surface area contributed by atoms with Crippen molar-refractivity contribution in [3.8, 4) is 0 Å². The van der Waals surface area contributed by atoms with Gasteiger partial charge in [0.25, 0.3) is 0 Å². The van der Waals surface area contributed by atoms with Crippen LogP contribution in [-0.2, 0) is 12.1 Å². The van der Waals surface area contributed by atoms with Crippen LogP contribution < -0.4 is 0 Å². The number of aliphatic hydroxyl groups excluding tert-OH is 1. The average Bonchev–Trinajstić information content (AvgIpc) is 2.32. The number of rotatable bonds is 1. The summed E-state index contributed by atoms with van der Waals surface area (Å²) >= 11 is 0. The van der Waals surface area contributed by atoms with Crippen LogP contribution in [0.15, 0.2) is 12.4 Å². The summed E-state index contributed by atoms with van der Waals surface area (Å²) in [7, 11) is 0. The molecule has 11 heavy (non-hydrogen) atoms. The van der Waals surface area contributed by atoms with Gasteiger partial charge < -0.3 is 5.11 Å². The number of hydrogen-bond donors (Lipinski definition) is 1. The van der Waals surface area contributed by atoms with Gasteiger partial charge in [-0.2, -0.15) is 5.10 Å². The maximum atomic E-state index is 8.76. The molecule has 0 bridgehead atoms. The van der Waals surface area contributed by atoms with Gasteiger partial charge >= 0.3 is 0 Å². The Kier molecular flexibility index (Phi) is 2.00. The van der Waals surface area contributed by atoms with E-state index >= 15 is 0 Å². The first-order valence-electron chi connectivity index (χ1n) is 3.69. The molecule has 0 aliphatic rings. The highest BCUT2D eigenvalue weighted by atomic mass is 16.3. The molecule has 0 aliphatic carbocycles. The smallest absolute Gasteiger partial charge is 0.0712 e. The van der Waals surface area contributed by atoms with Crippen LogP contribution in [-0.4, -0.2) is 14.9 Å². The Balaban J connectivity index is 2.89. The van der Waals surface area contributed by atoms with Gasteiger partial charge in [-0.25, -0.2) is 0 Å². The number of aromatic nitrogens is 2. The molecule has 0 aliphatic heterocycles. The summed E-state index contributed by atoms with van der Waals surface area (Å²) in [6.45, 7) is 6.28. The molecule has 0 saturated heterocycles. The molecule has 1 aromatic rings. The van der Waals surface area contributed by atoms with E-state index in [0.29, 0.717) is 0 Å². The summed E-state index contributed by atoms with van der Waals surface area (Å²) in [4.78, 5) is 0. The molecule has 3 nitrogen and oxygen atoms in total. The van der Waals surface area contributed by atoms with Crippen molar-refractivity contribution in [3.05, 3.63) is 18.0 Å². The second-order valence-electron chi connectivity index (χ2n) is 3.62. The van der Waals surface area contributed by atoms with Gasteiger partial charge in [0, 0.05) is 11.8 Å². The highest BCUT2D eigenvalue weighted by Gasteiger charge is 2.13. The lowest BCUT2D eigenvalue weighted by Crippen LogP contribution is -2.21. The van der Waals surface area contributed by atoms with E-state index in [1.54, 1.807) is 6.20 Å². The second-order valence-corrected chi connectivity index (χ2v) is 3.62. The first-order valence-corrected chi connectivity index (χ1v) is 3.69. The standard InChI is InChI=1S/C8H14N2O/c1-8(2,3)10-5-7(6-11)4-9-10/h4-5,11H,6H2,1-3H3. The maximum Gasteiger partial charge on any atom is 0.0712 e. The van der Waals surface area contributed by atoms with E-state index < -0.39 is 0 Å². The SMILES string of the molecule is CC(C)(C)n1cc(CO)cn1. The maximum absolute atomic E-state index is 8.76. The van der Waals surface area contributed by atoms with Gasteiger partial charge in [-0.15, -0.1) is 0 Å². The lowest BCUT2D eigenvalue weighted by Gasteiger charge is -2.18. The van der Waals surface area contributed by atoms with Gasteiger partial charge in [-0.3, -0.25) is 4.68 Å². The van der Waals surface area contributed by atoms with Gasteiger partial charge in [0.15, 0.2) is 0 Å². The molecule has 0 aromatic carbocycles. The molecule has 1 N–H and O–H groups in total. The third-order valence-electron chi connectivity index (χ3n) is 1.51. The van der Waals surface area contributed by atoms with Crippen molar-refractivity contribution in [1.82, 2.24) is 9.78 Å². The van der Waals surface area contributed by atoms with Gasteiger partial charge in [-0.05, 0) is 20.8 Å². The number of hydrogen-bond acceptors (Lipinski definition) is 2. The normalized spacial score (nSPS) is 12.0. The molecule has 0 radical (unpaired) electrons. The fraction of sp³-hybridized carbons (Fsp3) is 0.625. The van der Waals surface area contributed by atoms with Gasteiger partial charge in [0.05, 0.1) is 18.3 Å². The van der Waals surface area contributed by atoms with E-state index in [-0.39, 0.29) is 12.1 Å². The van der Waals surface area contributed by atoms with Crippen molar-refractivity contribution >= 4 is 0 Å². The van der Waals surface area contributed by atoms with E-state index in [4.69, 9.17) is 5.11 Å². The Labute approximate surface area is 66.7 Å². The fourth-order valence-electron chi connectivity index (χ4n) is 0.809. The molecule has 0 unspecified atom stereocenters. The largest absolute Gasteiger partial charge is 0.392 e. The van der Waals surface area contributed by atoms with Crippen LogP contribution in [0.25, 0.3) is 0 Å². The highest BCUT2D eigenvalue weighted by Crippen LogP contribution is 2.12. The van der Waals surface area contributed by atoms with E-state index in [1.165, 1.54) is 0 Å². The fourth-order valence-corrected chi connectivity index (χ4v) is 0.809. The molecule has 0 spiro atoms. The Morgan fingerprint density at radius 2 is 2.18 bits per heavy atom. The summed E-state index contributed by atoms with van der Waals surface area (Å²) in [5, 5.41) is 12.9. The molecule has 0 atom stereocenters. The van der Waals surface area contributed by atoms with Crippen LogP contribution in [0.1, 0.15) is 26.3 Å². The monoisotopic (exact) mass is 154 g/mol. The van der Waals surface area contributed by atoms with Gasteiger partial charge in [-0.1, -0.05) is 0 Å². The van der Waals surface area contributed by atoms with Crippen molar-refractivity contribution in [2.75, 3.05) is 0 Å². The molecular formula is C8H14N2O. The zero-order valence-electron chi connectivity index (χ0n) is 7.20. The van der Waals surface area contributed by atoms with Crippen molar-refractivity contribution < 1.29 is 5.11 Å². The molecule has 62 valence electrons. The van der Waals surface area contributed by atoms with Crippen molar-refractivity contribution in [3.63, 3.8) is 0 Å². The third kappa shape index (κ3) is 1.80. The predicted molar refractivity (Wildman–Crippen MR) is 43.1 cm³/mol. The van der Waals surface area contributed by atoms with Gasteiger partial charge in [0.2, 0.25) is 0 Å². The van der Waals surface area contributed by atoms with Crippen molar-refractivity contribution in [1.29, 1.82) is 0 Å². The molecule has 1 rings (SSSR count). The van der Waals surface area contributed by atoms with E-state index in [9.17, 15) is 0 Å². The minimum atomic E-state index is 0.00736. The van der Waals surface area contributed by atoms with Crippen LogP contribution in [0.3, 0.4) is 0 Å². The minimum Gasteiger partial charge on any atom is -0.392 e. The molecular weight excluding hydrogens is 140 g/mol. The quantitative estimate of drug-likeness (QED) is 0.658. The Morgan fingerprint density at radius 3 is 2.45 bits per heavy atom. The summed E-state index contributed by atoms with van der Waals surface area (Å²) in [5.74, 6) is 0. The lowest BCUT2D eigenvalue weighted by molar-refractivity contribution is 0.281. The van der Waals surface area contributed by atoms with Crippen molar-refractivity contribution in [2.45, 2.75) is 32.9 Å². The Hall–Kier alpha value is -0.830. The summed E-state index contributed by atoms with van der Waals surface area (Å²) < 4.78 is 1.85. The summed E-state index contributed by atoms with van der Waals surface area (Å²) in [5.41, 5.74) is 0.868. The zero-order chi connectivity index (χ0) is 8.48. The molecule has 0 amide bonds. The Bertz CT molecular complexity index is 234. The van der Waals surface area contributed by atoms with Gasteiger partial charge in [0.1, 0.15) is 0 Å². The number of nitrogens with zero attached hydrogens (tertiary/aromatic N) is 2. The third-order valence-corrected chi connectivity index (χ3v) is 1.51. The Morgan fingerprint density at radius 1 is 1.55 bits per heavy atom. The van der Waals surface area contributed by atoms with Crippen LogP contribution >= 0.6 is 0 Å². The van der Waals surface area contributed by atoms with E-state index in [2.05, 4.69) is 25.9 Å². The first kappa shape index (κ1) is 8.27. The molecule has 1 heterocycles. The molecule has 3 heteroatoms. The van der Waals surface area contributed by atoms with Crippen LogP contribution in [0.5, 0.6) is 0 Å². The minimum absolute atomic E-state index is 0.00736. The molecule has 1 aromatic heterocycles. The second kappa shape index (κ2) is 2.66. The zero-order valence-corrected chi connectivity index (χ0v) is 7.20. The van der Waals surface area contributed by atoms with Crippen LogP contribution in [0.4, 0.5) is 0 Å². The first-order chi connectivity index (χ1) is 5.04. The van der Waals surface area contributed by atoms with Crippen molar-refractivity contribution in [2.24, 2.45) is 0 Å². The summed E-state index contributed by atoms with van der Waals surface area (Å²) in [6, 6.07) is 0. The predicted octanol–water partition coefficient (Wildman–Crippen LogP) is 1.13. The molecule has 0 fully saturated rings. The topological polar surface area (TPSA) is 38.0 Å². The van der Waals surface area contributed by atoms with Crippen LogP contribution in [0, 0.1) is 0 Å². The highest BCUT2D eigenvalue weighted by molar-refractivity contribution is 5.02. The average molecular weight is 154 g/mol. The number of aliphatic hydroxyl groups is 1. The lowest BCUT2D eigenvalue weighted by atomic mass is 10.1. The van der Waals surface area contributed by atoms with E-state index in [0.717, 1.165) is 5.56 Å².